The van der Waals surface area contributed by atoms with Gasteiger partial charge < -0.3 is 33.8 Å². The fourth-order valence-electron chi connectivity index (χ4n) is 12.6. The molecule has 0 aliphatic rings. The van der Waals surface area contributed by atoms with Crippen LogP contribution in [-0.4, -0.2) is 96.7 Å². The maximum absolute atomic E-state index is 13.1. The SMILES string of the molecule is CCCCCC/C=C\C=C/CCCCCCCC(=O)OC[C@H](COP(=O)(O)OC[C@@H](O)COP(=O)(O)OC[C@@H](COC(=O)CCCCCCCCC(C)C)OC(=O)CCCCCCCCCCCCCCCCCCCCC(C)CC)OC(=O)CCCCCCCCCCCCCCCCC(C)CC. The number of hydrogen-bond donors (Lipinski definition) is 3. The first-order valence-corrected chi connectivity index (χ1v) is 46.2. The summed E-state index contributed by atoms with van der Waals surface area (Å²) < 4.78 is 68.7. The lowest BCUT2D eigenvalue weighted by Gasteiger charge is -2.21. The molecule has 0 saturated heterocycles. The van der Waals surface area contributed by atoms with E-state index in [0.29, 0.717) is 31.6 Å². The van der Waals surface area contributed by atoms with Crippen LogP contribution in [0.4, 0.5) is 0 Å². The van der Waals surface area contributed by atoms with Crippen LogP contribution in [0.2, 0.25) is 0 Å². The van der Waals surface area contributed by atoms with Crippen molar-refractivity contribution in [2.45, 2.75) is 439 Å². The number of ether oxygens (including phenoxy) is 4. The second kappa shape index (κ2) is 74.6. The van der Waals surface area contributed by atoms with E-state index in [4.69, 9.17) is 37.0 Å². The van der Waals surface area contributed by atoms with E-state index >= 15 is 0 Å². The van der Waals surface area contributed by atoms with Gasteiger partial charge in [-0.25, -0.2) is 9.13 Å². The van der Waals surface area contributed by atoms with Gasteiger partial charge in [0.1, 0.15) is 19.3 Å². The molecular weight excluding hydrogens is 1350 g/mol. The van der Waals surface area contributed by atoms with Gasteiger partial charge in [0.05, 0.1) is 26.4 Å². The highest BCUT2D eigenvalue weighted by Gasteiger charge is 2.30. The summed E-state index contributed by atoms with van der Waals surface area (Å²) in [6.07, 6.45) is 67.5. The Morgan fingerprint density at radius 1 is 0.317 bits per heavy atom. The summed E-state index contributed by atoms with van der Waals surface area (Å²) in [5.74, 6) is 0.252. The zero-order chi connectivity index (χ0) is 76.5. The second-order valence-corrected chi connectivity index (χ2v) is 33.8. The Morgan fingerprint density at radius 3 is 0.856 bits per heavy atom. The normalized spacial score (nSPS) is 14.6. The fraction of sp³-hybridized carbons (Fsp3) is 0.906. The van der Waals surface area contributed by atoms with E-state index in [1.807, 2.05) is 0 Å². The number of rotatable bonds is 81. The van der Waals surface area contributed by atoms with Crippen LogP contribution in [0.5, 0.6) is 0 Å². The maximum Gasteiger partial charge on any atom is 0.472 e. The molecule has 0 rings (SSSR count). The van der Waals surface area contributed by atoms with E-state index < -0.39 is 97.5 Å². The summed E-state index contributed by atoms with van der Waals surface area (Å²) in [5, 5.41) is 10.7. The standard InChI is InChI=1S/C85H162O17P2/c1-8-11-12-13-14-15-16-17-22-29-34-39-44-52-59-66-82(87)95-72-80(101-84(89)68-62-55-46-41-36-31-26-25-28-33-38-43-51-58-65-78(7)10-3)74-99-103(91,92)97-70-79(86)71-98-104(93,94)100-75-81(73-96-83(88)67-60-53-48-47-49-56-63-76(4)5)102-85(90)69-61-54-45-40-35-30-24-21-19-18-20-23-27-32-37-42-50-57-64-77(6)9-2/h15-17,22,76-81,86H,8-14,18-21,23-75H2,1-7H3,(H,91,92)(H,93,94)/b16-15-,22-17-/t77?,78?,79-,80-,81-/m1/s1. The molecule has 0 aliphatic carbocycles. The Hall–Kier alpha value is -2.46. The lowest BCUT2D eigenvalue weighted by atomic mass is 9.99. The number of carbonyl (C=O) groups is 4. The number of aliphatic hydroxyl groups excluding tert-OH is 1. The Kier molecular flexibility index (Phi) is 72.9. The van der Waals surface area contributed by atoms with Gasteiger partial charge in [-0.3, -0.25) is 37.3 Å². The van der Waals surface area contributed by atoms with E-state index in [-0.39, 0.29) is 25.7 Å². The van der Waals surface area contributed by atoms with Gasteiger partial charge in [-0.05, 0) is 69.1 Å². The predicted octanol–water partition coefficient (Wildman–Crippen LogP) is 25.3. The number of carbonyl (C=O) groups excluding carboxylic acids is 4. The molecule has 614 valence electrons. The average molecular weight is 1520 g/mol. The van der Waals surface area contributed by atoms with Crippen molar-refractivity contribution in [2.24, 2.45) is 17.8 Å². The first-order chi connectivity index (χ1) is 50.3. The topological polar surface area (TPSA) is 237 Å². The van der Waals surface area contributed by atoms with Crippen molar-refractivity contribution in [3.8, 4) is 0 Å². The van der Waals surface area contributed by atoms with Crippen molar-refractivity contribution in [3.05, 3.63) is 24.3 Å². The molecule has 17 nitrogen and oxygen atoms in total. The van der Waals surface area contributed by atoms with Crippen molar-refractivity contribution < 1.29 is 80.2 Å². The number of hydrogen-bond acceptors (Lipinski definition) is 15. The Morgan fingerprint density at radius 2 is 0.567 bits per heavy atom. The van der Waals surface area contributed by atoms with Crippen LogP contribution >= 0.6 is 15.6 Å². The molecule has 0 amide bonds. The molecule has 104 heavy (non-hydrogen) atoms. The lowest BCUT2D eigenvalue weighted by Crippen LogP contribution is -2.30. The molecule has 0 aromatic rings. The predicted molar refractivity (Wildman–Crippen MR) is 427 cm³/mol. The fourth-order valence-corrected chi connectivity index (χ4v) is 14.2. The molecular formula is C85H162O17P2. The van der Waals surface area contributed by atoms with E-state index in [9.17, 15) is 43.2 Å². The highest BCUT2D eigenvalue weighted by Crippen LogP contribution is 2.45. The number of aliphatic hydroxyl groups is 1. The second-order valence-electron chi connectivity index (χ2n) is 30.8. The Bertz CT molecular complexity index is 2110. The zero-order valence-corrected chi connectivity index (χ0v) is 69.8. The lowest BCUT2D eigenvalue weighted by molar-refractivity contribution is -0.161. The van der Waals surface area contributed by atoms with Crippen molar-refractivity contribution in [1.29, 1.82) is 0 Å². The van der Waals surface area contributed by atoms with Crippen LogP contribution in [0.1, 0.15) is 421 Å². The molecule has 3 N–H and O–H groups in total. The quantitative estimate of drug-likeness (QED) is 0.0169. The summed E-state index contributed by atoms with van der Waals surface area (Å²) in [6.45, 7) is 11.9. The summed E-state index contributed by atoms with van der Waals surface area (Å²) >= 11 is 0. The summed E-state index contributed by atoms with van der Waals surface area (Å²) in [6, 6.07) is 0. The van der Waals surface area contributed by atoms with Crippen molar-refractivity contribution in [1.82, 2.24) is 0 Å². The number of esters is 4. The summed E-state index contributed by atoms with van der Waals surface area (Å²) in [5.41, 5.74) is 0. The van der Waals surface area contributed by atoms with Gasteiger partial charge >= 0.3 is 39.5 Å². The van der Waals surface area contributed by atoms with E-state index in [0.717, 1.165) is 127 Å². The molecule has 0 aromatic carbocycles. The van der Waals surface area contributed by atoms with Crippen LogP contribution in [0, 0.1) is 17.8 Å². The minimum atomic E-state index is -4.97. The molecule has 0 aromatic heterocycles. The summed E-state index contributed by atoms with van der Waals surface area (Å²) in [7, 11) is -9.94. The molecule has 7 atom stereocenters. The third-order valence-electron chi connectivity index (χ3n) is 20.0. The molecule has 0 bridgehead atoms. The molecule has 0 fully saturated rings. The largest absolute Gasteiger partial charge is 0.472 e. The molecule has 0 radical (unpaired) electrons. The number of allylic oxidation sites excluding steroid dienone is 4. The molecule has 19 heteroatoms. The van der Waals surface area contributed by atoms with Gasteiger partial charge in [0.25, 0.3) is 0 Å². The highest BCUT2D eigenvalue weighted by molar-refractivity contribution is 7.47. The minimum Gasteiger partial charge on any atom is -0.462 e. The van der Waals surface area contributed by atoms with Crippen LogP contribution in [0.15, 0.2) is 24.3 Å². The first-order valence-electron chi connectivity index (χ1n) is 43.2. The van der Waals surface area contributed by atoms with Crippen molar-refractivity contribution in [3.63, 3.8) is 0 Å². The van der Waals surface area contributed by atoms with Gasteiger partial charge in [0.15, 0.2) is 12.2 Å². The molecule has 0 spiro atoms. The minimum absolute atomic E-state index is 0.101. The van der Waals surface area contributed by atoms with Crippen LogP contribution < -0.4 is 0 Å². The summed E-state index contributed by atoms with van der Waals surface area (Å²) in [4.78, 5) is 73.1. The Balaban J connectivity index is 5.22. The monoisotopic (exact) mass is 1520 g/mol. The van der Waals surface area contributed by atoms with Gasteiger partial charge in [0, 0.05) is 25.7 Å². The van der Waals surface area contributed by atoms with E-state index in [2.05, 4.69) is 72.8 Å². The number of phosphoric ester groups is 2. The third-order valence-corrected chi connectivity index (χ3v) is 21.9. The molecule has 0 saturated carbocycles. The van der Waals surface area contributed by atoms with Crippen LogP contribution in [0.25, 0.3) is 0 Å². The number of phosphoric acid groups is 2. The van der Waals surface area contributed by atoms with Gasteiger partial charge in [0.2, 0.25) is 0 Å². The number of unbranched alkanes of at least 4 members (excludes halogenated alkanes) is 44. The van der Waals surface area contributed by atoms with Gasteiger partial charge in [-0.1, -0.05) is 368 Å². The van der Waals surface area contributed by atoms with Crippen molar-refractivity contribution in [2.75, 3.05) is 39.6 Å². The van der Waals surface area contributed by atoms with Crippen molar-refractivity contribution >= 4 is 39.5 Å². The average Bonchev–Trinajstić information content (AvgIpc) is 0.909. The molecule has 0 heterocycles. The molecule has 0 aliphatic heterocycles. The maximum atomic E-state index is 13.1. The van der Waals surface area contributed by atoms with E-state index in [1.54, 1.807) is 0 Å². The first kappa shape index (κ1) is 102. The zero-order valence-electron chi connectivity index (χ0n) is 68.0. The molecule has 4 unspecified atom stereocenters. The van der Waals surface area contributed by atoms with Crippen LogP contribution in [0.3, 0.4) is 0 Å². The van der Waals surface area contributed by atoms with Crippen LogP contribution in [-0.2, 0) is 65.4 Å². The highest BCUT2D eigenvalue weighted by atomic mass is 31.2. The smallest absolute Gasteiger partial charge is 0.462 e. The van der Waals surface area contributed by atoms with E-state index in [1.165, 1.54) is 205 Å². The van der Waals surface area contributed by atoms with Gasteiger partial charge in [-0.15, -0.1) is 0 Å². The van der Waals surface area contributed by atoms with Gasteiger partial charge in [-0.2, -0.15) is 0 Å². The third kappa shape index (κ3) is 75.0. The Labute approximate surface area is 637 Å².